The van der Waals surface area contributed by atoms with Crippen molar-refractivity contribution in [1.29, 1.82) is 0 Å². The van der Waals surface area contributed by atoms with Crippen LogP contribution >= 0.6 is 0 Å². The molecule has 1 aromatic carbocycles. The summed E-state index contributed by atoms with van der Waals surface area (Å²) in [5.74, 6) is 0.522. The van der Waals surface area contributed by atoms with E-state index in [-0.39, 0.29) is 34.8 Å². The molecule has 2 aliphatic heterocycles. The lowest BCUT2D eigenvalue weighted by atomic mass is 9.83. The van der Waals surface area contributed by atoms with Crippen LogP contribution in [0.2, 0.25) is 0 Å². The van der Waals surface area contributed by atoms with E-state index in [9.17, 15) is 14.4 Å². The van der Waals surface area contributed by atoms with Gasteiger partial charge in [-0.3, -0.25) is 14.6 Å². The Bertz CT molecular complexity index is 1270. The number of hydrogen-bond donors (Lipinski definition) is 2. The van der Waals surface area contributed by atoms with E-state index in [1.807, 2.05) is 11.0 Å². The topological polar surface area (TPSA) is 106 Å². The second kappa shape index (κ2) is 9.01. The van der Waals surface area contributed by atoms with Gasteiger partial charge in [0.15, 0.2) is 0 Å². The molecule has 2 N–H and O–H groups in total. The highest BCUT2D eigenvalue weighted by Gasteiger charge is 2.36. The monoisotopic (exact) mass is 459 g/mol. The first kappa shape index (κ1) is 21.7. The Morgan fingerprint density at radius 3 is 2.56 bits per heavy atom. The molecule has 2 aromatic heterocycles. The highest BCUT2D eigenvalue weighted by atomic mass is 16.5. The molecule has 3 amide bonds. The van der Waals surface area contributed by atoms with Gasteiger partial charge in [-0.05, 0) is 60.9 Å². The molecule has 0 saturated carbocycles. The summed E-state index contributed by atoms with van der Waals surface area (Å²) in [6.45, 7) is 1.59. The number of urea groups is 1. The molecule has 0 radical (unpaired) electrons. The lowest BCUT2D eigenvalue weighted by Gasteiger charge is -2.42. The van der Waals surface area contributed by atoms with Crippen LogP contribution in [0.3, 0.4) is 0 Å². The van der Waals surface area contributed by atoms with E-state index in [1.165, 1.54) is 6.20 Å². The Morgan fingerprint density at radius 1 is 1.00 bits per heavy atom. The third kappa shape index (κ3) is 4.24. The summed E-state index contributed by atoms with van der Waals surface area (Å²) in [4.78, 5) is 44.3. The lowest BCUT2D eigenvalue weighted by Crippen LogP contribution is -2.50. The van der Waals surface area contributed by atoms with Crippen LogP contribution in [0.5, 0.6) is 5.75 Å². The minimum Gasteiger partial charge on any atom is -0.497 e. The van der Waals surface area contributed by atoms with Crippen molar-refractivity contribution in [2.45, 2.75) is 18.9 Å². The molecule has 174 valence electrons. The number of likely N-dealkylation sites (tertiary alicyclic amines) is 1. The van der Waals surface area contributed by atoms with Crippen molar-refractivity contribution in [2.24, 2.45) is 5.92 Å². The van der Waals surface area contributed by atoms with Crippen molar-refractivity contribution in [3.8, 4) is 5.75 Å². The summed E-state index contributed by atoms with van der Waals surface area (Å²) in [6.07, 6.45) is 2.46. The number of amides is 3. The van der Waals surface area contributed by atoms with Crippen molar-refractivity contribution in [3.63, 3.8) is 0 Å². The van der Waals surface area contributed by atoms with Gasteiger partial charge >= 0.3 is 6.03 Å². The largest absolute Gasteiger partial charge is 0.497 e. The lowest BCUT2D eigenvalue weighted by molar-refractivity contribution is 0.102. The van der Waals surface area contributed by atoms with Gasteiger partial charge in [0.25, 0.3) is 11.5 Å². The average molecular weight is 460 g/mol. The first-order valence-corrected chi connectivity index (χ1v) is 11.2. The highest BCUT2D eigenvalue weighted by Crippen LogP contribution is 2.35. The zero-order valence-electron chi connectivity index (χ0n) is 18.7. The van der Waals surface area contributed by atoms with Crippen LogP contribution in [-0.4, -0.2) is 46.6 Å². The number of aromatic nitrogens is 2. The molecule has 4 heterocycles. The fourth-order valence-electron chi connectivity index (χ4n) is 4.77. The maximum absolute atomic E-state index is 13.1. The molecule has 1 saturated heterocycles. The third-order valence-corrected chi connectivity index (χ3v) is 6.38. The number of anilines is 2. The second-order valence-corrected chi connectivity index (χ2v) is 8.62. The molecule has 9 heteroatoms. The van der Waals surface area contributed by atoms with Crippen LogP contribution in [0.1, 0.15) is 28.5 Å². The van der Waals surface area contributed by atoms with E-state index >= 15 is 0 Å². The summed E-state index contributed by atoms with van der Waals surface area (Å²) in [7, 11) is 1.60. The maximum Gasteiger partial charge on any atom is 0.321 e. The van der Waals surface area contributed by atoms with Crippen LogP contribution in [0, 0.1) is 5.92 Å². The predicted molar refractivity (Wildman–Crippen MR) is 127 cm³/mol. The fraction of sp³-hybridized carbons (Fsp3) is 0.280. The minimum absolute atomic E-state index is 0.0577. The Hall–Kier alpha value is -4.14. The molecular weight excluding hydrogens is 434 g/mol. The van der Waals surface area contributed by atoms with Crippen molar-refractivity contribution in [2.75, 3.05) is 30.8 Å². The van der Waals surface area contributed by atoms with Crippen molar-refractivity contribution in [3.05, 3.63) is 82.5 Å². The number of carbonyl (C=O) groups excluding carboxylic acids is 2. The summed E-state index contributed by atoms with van der Waals surface area (Å²) in [6, 6.07) is 15.6. The molecular formula is C25H25N5O4. The number of fused-ring (bicyclic) bond motifs is 4. The standard InChI is InChI=1S/C25H25N5O4/c1-34-19-7-5-18(6-8-19)27-25(33)29-13-16-12-17(15-29)22-10-9-21(24(32)30(22)14-16)28-23(31)20-4-2-3-11-26-20/h2-11,16-17H,12-15H2,1H3,(H,27,33)(H,28,31)/t16-,17-/m1/s1. The van der Waals surface area contributed by atoms with Crippen LogP contribution in [0.15, 0.2) is 65.6 Å². The zero-order valence-corrected chi connectivity index (χ0v) is 18.7. The number of hydrogen-bond acceptors (Lipinski definition) is 5. The average Bonchev–Trinajstić information content (AvgIpc) is 2.87. The molecule has 2 aliphatic rings. The molecule has 9 nitrogen and oxygen atoms in total. The Labute approximate surface area is 196 Å². The van der Waals surface area contributed by atoms with Gasteiger partial charge in [0.1, 0.15) is 17.1 Å². The second-order valence-electron chi connectivity index (χ2n) is 8.62. The molecule has 34 heavy (non-hydrogen) atoms. The molecule has 0 spiro atoms. The smallest absolute Gasteiger partial charge is 0.321 e. The van der Waals surface area contributed by atoms with Gasteiger partial charge in [0.2, 0.25) is 0 Å². The Morgan fingerprint density at radius 2 is 1.82 bits per heavy atom. The third-order valence-electron chi connectivity index (χ3n) is 6.38. The number of rotatable bonds is 4. The highest BCUT2D eigenvalue weighted by molar-refractivity contribution is 6.02. The van der Waals surface area contributed by atoms with Crippen molar-refractivity contribution in [1.82, 2.24) is 14.5 Å². The van der Waals surface area contributed by atoms with E-state index in [4.69, 9.17) is 4.74 Å². The van der Waals surface area contributed by atoms with Gasteiger partial charge in [-0.1, -0.05) is 6.07 Å². The molecule has 1 fully saturated rings. The van der Waals surface area contributed by atoms with Gasteiger partial charge in [0, 0.05) is 43.1 Å². The minimum atomic E-state index is -0.421. The first-order valence-electron chi connectivity index (χ1n) is 11.2. The number of carbonyl (C=O) groups is 2. The van der Waals surface area contributed by atoms with Crippen LogP contribution in [-0.2, 0) is 6.54 Å². The normalized spacial score (nSPS) is 18.6. The van der Waals surface area contributed by atoms with Gasteiger partial charge in [-0.2, -0.15) is 0 Å². The Balaban J connectivity index is 1.31. The van der Waals surface area contributed by atoms with E-state index in [0.29, 0.717) is 25.3 Å². The van der Waals surface area contributed by atoms with Gasteiger partial charge in [-0.25, -0.2) is 4.79 Å². The summed E-state index contributed by atoms with van der Waals surface area (Å²) in [5, 5.41) is 5.63. The van der Waals surface area contributed by atoms with Gasteiger partial charge in [0.05, 0.1) is 7.11 Å². The van der Waals surface area contributed by atoms with E-state index in [0.717, 1.165) is 17.9 Å². The molecule has 2 atom stereocenters. The molecule has 0 unspecified atom stereocenters. The number of pyridine rings is 2. The quantitative estimate of drug-likeness (QED) is 0.624. The number of nitrogens with one attached hydrogen (secondary N) is 2. The predicted octanol–water partition coefficient (Wildman–Crippen LogP) is 3.16. The summed E-state index contributed by atoms with van der Waals surface area (Å²) < 4.78 is 6.90. The number of nitrogens with zero attached hydrogens (tertiary/aromatic N) is 3. The number of ether oxygens (including phenoxy) is 1. The fourth-order valence-corrected chi connectivity index (χ4v) is 4.77. The van der Waals surface area contributed by atoms with Crippen molar-refractivity contribution < 1.29 is 14.3 Å². The maximum atomic E-state index is 13.1. The molecule has 5 rings (SSSR count). The molecule has 2 bridgehead atoms. The number of methoxy groups -OCH3 is 1. The van der Waals surface area contributed by atoms with Crippen LogP contribution in [0.25, 0.3) is 0 Å². The first-order chi connectivity index (χ1) is 16.5. The summed E-state index contributed by atoms with van der Waals surface area (Å²) in [5.41, 5.74) is 1.84. The summed E-state index contributed by atoms with van der Waals surface area (Å²) >= 11 is 0. The van der Waals surface area contributed by atoms with E-state index < -0.39 is 5.91 Å². The Kier molecular flexibility index (Phi) is 5.75. The van der Waals surface area contributed by atoms with Gasteiger partial charge in [-0.15, -0.1) is 0 Å². The van der Waals surface area contributed by atoms with Crippen molar-refractivity contribution >= 4 is 23.3 Å². The molecule has 0 aliphatic carbocycles. The van der Waals surface area contributed by atoms with Crippen LogP contribution in [0.4, 0.5) is 16.2 Å². The molecule has 3 aromatic rings. The number of piperidine rings is 1. The van der Waals surface area contributed by atoms with E-state index in [1.54, 1.807) is 60.2 Å². The SMILES string of the molecule is COc1ccc(NC(=O)N2C[C@H]3C[C@H](C2)c2ccc(NC(=O)c4ccccn4)c(=O)n2C3)cc1. The van der Waals surface area contributed by atoms with Gasteiger partial charge < -0.3 is 24.8 Å². The zero-order chi connectivity index (χ0) is 23.7. The van der Waals surface area contributed by atoms with Crippen LogP contribution < -0.4 is 20.9 Å². The van der Waals surface area contributed by atoms with E-state index in [2.05, 4.69) is 15.6 Å². The number of benzene rings is 1.